The molecule has 2 aromatic rings. The first kappa shape index (κ1) is 18.2. The minimum atomic E-state index is -0.168. The first-order valence-electron chi connectivity index (χ1n) is 8.35. The Kier molecular flexibility index (Phi) is 4.84. The number of rotatable bonds is 2. The van der Waals surface area contributed by atoms with Gasteiger partial charge in [-0.2, -0.15) is 5.11 Å². The van der Waals surface area contributed by atoms with Crippen molar-refractivity contribution in [3.63, 3.8) is 0 Å². The van der Waals surface area contributed by atoms with E-state index in [0.717, 1.165) is 22.4 Å². The van der Waals surface area contributed by atoms with E-state index in [9.17, 15) is 5.11 Å². The van der Waals surface area contributed by atoms with Gasteiger partial charge < -0.3 is 5.11 Å². The fraction of sp³-hybridized carbons (Fsp3) is 0.429. The molecule has 3 heteroatoms. The molecule has 0 aliphatic carbocycles. The van der Waals surface area contributed by atoms with E-state index in [4.69, 9.17) is 0 Å². The molecule has 0 aromatic heterocycles. The van der Waals surface area contributed by atoms with Gasteiger partial charge in [0.25, 0.3) is 0 Å². The zero-order valence-corrected chi connectivity index (χ0v) is 15.8. The highest BCUT2D eigenvalue weighted by molar-refractivity contribution is 5.60. The lowest BCUT2D eigenvalue weighted by atomic mass is 9.80. The minimum Gasteiger partial charge on any atom is -0.505 e. The van der Waals surface area contributed by atoms with Crippen LogP contribution in [0.25, 0.3) is 0 Å². The Morgan fingerprint density at radius 1 is 0.792 bits per heavy atom. The SMILES string of the molecule is Cc1ccccc1N=Nc1cc(C(C)(C)C)cc(C(C)(C)C)c1O. The van der Waals surface area contributed by atoms with Gasteiger partial charge in [0.1, 0.15) is 11.4 Å². The second-order valence-electron chi connectivity index (χ2n) is 8.38. The van der Waals surface area contributed by atoms with E-state index in [1.807, 2.05) is 37.3 Å². The van der Waals surface area contributed by atoms with Crippen molar-refractivity contribution in [2.45, 2.75) is 59.3 Å². The molecule has 0 bridgehead atoms. The molecule has 0 unspecified atom stereocenters. The Morgan fingerprint density at radius 2 is 1.38 bits per heavy atom. The quantitative estimate of drug-likeness (QED) is 0.613. The molecule has 2 rings (SSSR count). The molecule has 0 aliphatic rings. The number of hydrogen-bond donors (Lipinski definition) is 1. The van der Waals surface area contributed by atoms with Gasteiger partial charge in [-0.25, -0.2) is 0 Å². The van der Waals surface area contributed by atoms with Crippen LogP contribution in [0.3, 0.4) is 0 Å². The molecule has 0 saturated carbocycles. The summed E-state index contributed by atoms with van der Waals surface area (Å²) in [6.45, 7) is 14.8. The first-order chi connectivity index (χ1) is 11.0. The van der Waals surface area contributed by atoms with Crippen molar-refractivity contribution in [2.75, 3.05) is 0 Å². The van der Waals surface area contributed by atoms with Gasteiger partial charge in [0.05, 0.1) is 5.69 Å². The average molecular weight is 324 g/mol. The topological polar surface area (TPSA) is 45.0 Å². The molecular formula is C21H28N2O. The van der Waals surface area contributed by atoms with E-state index in [0.29, 0.717) is 5.69 Å². The second kappa shape index (κ2) is 6.39. The van der Waals surface area contributed by atoms with Crippen LogP contribution in [-0.2, 0) is 10.8 Å². The van der Waals surface area contributed by atoms with Crippen LogP contribution in [0, 0.1) is 6.92 Å². The third kappa shape index (κ3) is 4.02. The maximum Gasteiger partial charge on any atom is 0.146 e. The molecule has 0 heterocycles. The molecule has 2 aromatic carbocycles. The van der Waals surface area contributed by atoms with Crippen LogP contribution < -0.4 is 0 Å². The number of azo groups is 1. The number of hydrogen-bond acceptors (Lipinski definition) is 3. The Bertz CT molecular complexity index is 762. The highest BCUT2D eigenvalue weighted by Gasteiger charge is 2.25. The number of aryl methyl sites for hydroxylation is 1. The van der Waals surface area contributed by atoms with Crippen molar-refractivity contribution >= 4 is 11.4 Å². The monoisotopic (exact) mass is 324 g/mol. The maximum atomic E-state index is 10.7. The van der Waals surface area contributed by atoms with Crippen molar-refractivity contribution in [2.24, 2.45) is 10.2 Å². The lowest BCUT2D eigenvalue weighted by Crippen LogP contribution is -2.16. The molecule has 0 saturated heterocycles. The highest BCUT2D eigenvalue weighted by atomic mass is 16.3. The fourth-order valence-electron chi connectivity index (χ4n) is 2.48. The Labute approximate surface area is 145 Å². The van der Waals surface area contributed by atoms with E-state index < -0.39 is 0 Å². The Hall–Kier alpha value is -2.16. The van der Waals surface area contributed by atoms with Crippen LogP contribution >= 0.6 is 0 Å². The molecule has 24 heavy (non-hydrogen) atoms. The van der Waals surface area contributed by atoms with E-state index in [1.54, 1.807) is 0 Å². The molecule has 0 radical (unpaired) electrons. The molecule has 0 spiro atoms. The lowest BCUT2D eigenvalue weighted by Gasteiger charge is -2.26. The smallest absolute Gasteiger partial charge is 0.146 e. The van der Waals surface area contributed by atoms with Gasteiger partial charge in [-0.15, -0.1) is 5.11 Å². The number of nitrogens with zero attached hydrogens (tertiary/aromatic N) is 2. The molecule has 0 aliphatic heterocycles. The summed E-state index contributed by atoms with van der Waals surface area (Å²) in [7, 11) is 0. The van der Waals surface area contributed by atoms with Crippen LogP contribution in [0.5, 0.6) is 5.75 Å². The average Bonchev–Trinajstić information content (AvgIpc) is 2.45. The molecular weight excluding hydrogens is 296 g/mol. The fourth-order valence-corrected chi connectivity index (χ4v) is 2.48. The van der Waals surface area contributed by atoms with Gasteiger partial charge in [-0.1, -0.05) is 65.8 Å². The predicted octanol–water partition coefficient (Wildman–Crippen LogP) is 6.71. The van der Waals surface area contributed by atoms with Gasteiger partial charge >= 0.3 is 0 Å². The third-order valence-corrected chi connectivity index (χ3v) is 4.14. The van der Waals surface area contributed by atoms with Gasteiger partial charge in [-0.3, -0.25) is 0 Å². The standard InChI is InChI=1S/C21H28N2O/c1-14-10-8-9-11-17(14)22-23-18-13-15(20(2,3)4)12-16(19(18)24)21(5,6)7/h8-13,24H,1-7H3. The number of phenols is 1. The van der Waals surface area contributed by atoms with Crippen molar-refractivity contribution in [1.82, 2.24) is 0 Å². The molecule has 3 nitrogen and oxygen atoms in total. The van der Waals surface area contributed by atoms with Crippen molar-refractivity contribution in [3.8, 4) is 5.75 Å². The van der Waals surface area contributed by atoms with E-state index in [2.05, 4.69) is 57.8 Å². The van der Waals surface area contributed by atoms with Crippen molar-refractivity contribution in [3.05, 3.63) is 53.1 Å². The number of aromatic hydroxyl groups is 1. The van der Waals surface area contributed by atoms with Crippen LogP contribution in [0.1, 0.15) is 58.2 Å². The normalized spacial score (nSPS) is 12.8. The summed E-state index contributed by atoms with van der Waals surface area (Å²) in [5.74, 6) is 0.216. The molecule has 0 amide bonds. The number of phenolic OH excluding ortho intramolecular Hbond substituents is 1. The van der Waals surface area contributed by atoms with Gasteiger partial charge in [0.15, 0.2) is 0 Å². The first-order valence-corrected chi connectivity index (χ1v) is 8.35. The molecule has 1 N–H and O–H groups in total. The zero-order chi connectivity index (χ0) is 18.1. The zero-order valence-electron chi connectivity index (χ0n) is 15.8. The van der Waals surface area contributed by atoms with Crippen molar-refractivity contribution in [1.29, 1.82) is 0 Å². The molecule has 0 fully saturated rings. The minimum absolute atomic E-state index is 0.0271. The Morgan fingerprint density at radius 3 is 1.92 bits per heavy atom. The largest absolute Gasteiger partial charge is 0.505 e. The third-order valence-electron chi connectivity index (χ3n) is 4.14. The van der Waals surface area contributed by atoms with Crippen LogP contribution in [-0.4, -0.2) is 5.11 Å². The summed E-state index contributed by atoms with van der Waals surface area (Å²) >= 11 is 0. The Balaban J connectivity index is 2.59. The van der Waals surface area contributed by atoms with Crippen LogP contribution in [0.4, 0.5) is 11.4 Å². The second-order valence-corrected chi connectivity index (χ2v) is 8.38. The van der Waals surface area contributed by atoms with Gasteiger partial charge in [0.2, 0.25) is 0 Å². The summed E-state index contributed by atoms with van der Waals surface area (Å²) < 4.78 is 0. The molecule has 128 valence electrons. The van der Waals surface area contributed by atoms with E-state index >= 15 is 0 Å². The summed E-state index contributed by atoms with van der Waals surface area (Å²) in [6, 6.07) is 11.9. The van der Waals surface area contributed by atoms with Crippen molar-refractivity contribution < 1.29 is 5.11 Å². The van der Waals surface area contributed by atoms with E-state index in [-0.39, 0.29) is 16.6 Å². The highest BCUT2D eigenvalue weighted by Crippen LogP contribution is 2.42. The van der Waals surface area contributed by atoms with Crippen LogP contribution in [0.2, 0.25) is 0 Å². The number of benzene rings is 2. The summed E-state index contributed by atoms with van der Waals surface area (Å²) in [5, 5.41) is 19.4. The molecule has 0 atom stereocenters. The van der Waals surface area contributed by atoms with Crippen LogP contribution in [0.15, 0.2) is 46.6 Å². The lowest BCUT2D eigenvalue weighted by molar-refractivity contribution is 0.446. The van der Waals surface area contributed by atoms with E-state index in [1.165, 1.54) is 0 Å². The summed E-state index contributed by atoms with van der Waals surface area (Å²) in [4.78, 5) is 0. The van der Waals surface area contributed by atoms with Gasteiger partial charge in [-0.05, 0) is 41.0 Å². The predicted molar refractivity (Wildman–Crippen MR) is 101 cm³/mol. The van der Waals surface area contributed by atoms with Gasteiger partial charge in [0, 0.05) is 5.56 Å². The summed E-state index contributed by atoms with van der Waals surface area (Å²) in [5.41, 5.74) is 4.24. The maximum absolute atomic E-state index is 10.7. The summed E-state index contributed by atoms with van der Waals surface area (Å²) in [6.07, 6.45) is 0.